The van der Waals surface area contributed by atoms with E-state index < -0.39 is 0 Å². The SMILES string of the molecule is CCCC1(C(=O)NCCc2cnn(C)c2)CCCN1. The molecule has 1 unspecified atom stereocenters. The zero-order valence-electron chi connectivity index (χ0n) is 11.9. The van der Waals surface area contributed by atoms with Gasteiger partial charge in [0.1, 0.15) is 0 Å². The molecule has 2 rings (SSSR count). The summed E-state index contributed by atoms with van der Waals surface area (Å²) >= 11 is 0. The summed E-state index contributed by atoms with van der Waals surface area (Å²) in [6.45, 7) is 3.76. The molecule has 19 heavy (non-hydrogen) atoms. The number of aryl methyl sites for hydroxylation is 1. The highest BCUT2D eigenvalue weighted by atomic mass is 16.2. The summed E-state index contributed by atoms with van der Waals surface area (Å²) in [6, 6.07) is 0. The van der Waals surface area contributed by atoms with E-state index in [1.807, 2.05) is 19.4 Å². The molecule has 2 N–H and O–H groups in total. The molecule has 106 valence electrons. The third kappa shape index (κ3) is 3.35. The van der Waals surface area contributed by atoms with Gasteiger partial charge >= 0.3 is 0 Å². The van der Waals surface area contributed by atoms with E-state index in [2.05, 4.69) is 22.7 Å². The molecule has 5 nitrogen and oxygen atoms in total. The zero-order valence-corrected chi connectivity index (χ0v) is 11.9. The topological polar surface area (TPSA) is 59.0 Å². The quantitative estimate of drug-likeness (QED) is 0.806. The first-order valence-electron chi connectivity index (χ1n) is 7.17. The van der Waals surface area contributed by atoms with Crippen molar-refractivity contribution in [2.45, 2.75) is 44.6 Å². The van der Waals surface area contributed by atoms with Gasteiger partial charge in [-0.25, -0.2) is 0 Å². The summed E-state index contributed by atoms with van der Waals surface area (Å²) in [7, 11) is 1.90. The number of amides is 1. The Kier molecular flexibility index (Phi) is 4.58. The predicted octanol–water partition coefficient (Wildman–Crippen LogP) is 1.00. The molecule has 0 spiro atoms. The van der Waals surface area contributed by atoms with Gasteiger partial charge in [-0.1, -0.05) is 13.3 Å². The molecular weight excluding hydrogens is 240 g/mol. The lowest BCUT2D eigenvalue weighted by Crippen LogP contribution is -2.53. The van der Waals surface area contributed by atoms with E-state index in [4.69, 9.17) is 0 Å². The number of hydrogen-bond acceptors (Lipinski definition) is 3. The maximum atomic E-state index is 12.4. The molecule has 2 heterocycles. The summed E-state index contributed by atoms with van der Waals surface area (Å²) in [5, 5.41) is 10.6. The van der Waals surface area contributed by atoms with E-state index in [0.717, 1.165) is 44.2 Å². The average molecular weight is 264 g/mol. The van der Waals surface area contributed by atoms with Gasteiger partial charge in [-0.15, -0.1) is 0 Å². The van der Waals surface area contributed by atoms with Crippen LogP contribution in [-0.2, 0) is 18.3 Å². The van der Waals surface area contributed by atoms with Crippen LogP contribution in [0.4, 0.5) is 0 Å². The molecule has 1 fully saturated rings. The maximum absolute atomic E-state index is 12.4. The Bertz CT molecular complexity index is 421. The second kappa shape index (κ2) is 6.19. The van der Waals surface area contributed by atoms with Crippen LogP contribution < -0.4 is 10.6 Å². The average Bonchev–Trinajstić information content (AvgIpc) is 3.00. The van der Waals surface area contributed by atoms with Crippen LogP contribution in [0, 0.1) is 0 Å². The van der Waals surface area contributed by atoms with Gasteiger partial charge in [0.05, 0.1) is 11.7 Å². The van der Waals surface area contributed by atoms with Crippen LogP contribution in [0.25, 0.3) is 0 Å². The minimum Gasteiger partial charge on any atom is -0.354 e. The summed E-state index contributed by atoms with van der Waals surface area (Å²) in [4.78, 5) is 12.4. The van der Waals surface area contributed by atoms with Gasteiger partial charge in [0.2, 0.25) is 5.91 Å². The molecule has 1 atom stereocenters. The zero-order chi connectivity index (χ0) is 13.7. The van der Waals surface area contributed by atoms with Crippen molar-refractivity contribution in [2.75, 3.05) is 13.1 Å². The Morgan fingerprint density at radius 1 is 1.63 bits per heavy atom. The van der Waals surface area contributed by atoms with Crippen LogP contribution in [-0.4, -0.2) is 34.3 Å². The first kappa shape index (κ1) is 14.1. The summed E-state index contributed by atoms with van der Waals surface area (Å²) in [5.41, 5.74) is 0.843. The Balaban J connectivity index is 1.82. The highest BCUT2D eigenvalue weighted by Gasteiger charge is 2.39. The largest absolute Gasteiger partial charge is 0.354 e. The van der Waals surface area contributed by atoms with E-state index in [9.17, 15) is 4.79 Å². The molecule has 0 bridgehead atoms. The molecule has 1 aromatic heterocycles. The maximum Gasteiger partial charge on any atom is 0.240 e. The Hall–Kier alpha value is -1.36. The van der Waals surface area contributed by atoms with Crippen molar-refractivity contribution in [3.63, 3.8) is 0 Å². The van der Waals surface area contributed by atoms with Gasteiger partial charge in [-0.3, -0.25) is 9.48 Å². The number of nitrogens with zero attached hydrogens (tertiary/aromatic N) is 2. The molecule has 1 saturated heterocycles. The lowest BCUT2D eigenvalue weighted by molar-refractivity contribution is -0.127. The number of carbonyl (C=O) groups excluding carboxylic acids is 1. The van der Waals surface area contributed by atoms with E-state index in [1.54, 1.807) is 4.68 Å². The van der Waals surface area contributed by atoms with Crippen LogP contribution >= 0.6 is 0 Å². The second-order valence-electron chi connectivity index (χ2n) is 5.39. The molecule has 0 saturated carbocycles. The highest BCUT2D eigenvalue weighted by molar-refractivity contribution is 5.86. The molecule has 1 amide bonds. The molecule has 1 aromatic rings. The Labute approximate surface area is 114 Å². The van der Waals surface area contributed by atoms with Crippen molar-refractivity contribution in [2.24, 2.45) is 7.05 Å². The molecule has 0 aliphatic carbocycles. The number of hydrogen-bond donors (Lipinski definition) is 2. The third-order valence-electron chi connectivity index (χ3n) is 3.81. The third-order valence-corrected chi connectivity index (χ3v) is 3.81. The number of carbonyl (C=O) groups is 1. The number of nitrogens with one attached hydrogen (secondary N) is 2. The highest BCUT2D eigenvalue weighted by Crippen LogP contribution is 2.24. The fourth-order valence-corrected chi connectivity index (χ4v) is 2.84. The van der Waals surface area contributed by atoms with Gasteiger partial charge in [-0.05, 0) is 37.8 Å². The molecule has 0 aromatic carbocycles. The minimum atomic E-state index is -0.316. The fourth-order valence-electron chi connectivity index (χ4n) is 2.84. The van der Waals surface area contributed by atoms with Crippen LogP contribution in [0.15, 0.2) is 12.4 Å². The normalized spacial score (nSPS) is 22.6. The van der Waals surface area contributed by atoms with Gasteiger partial charge in [0.25, 0.3) is 0 Å². The molecule has 1 aliphatic rings. The first-order valence-corrected chi connectivity index (χ1v) is 7.17. The van der Waals surface area contributed by atoms with Crippen molar-refractivity contribution >= 4 is 5.91 Å². The Morgan fingerprint density at radius 3 is 3.05 bits per heavy atom. The molecular formula is C14H24N4O. The smallest absolute Gasteiger partial charge is 0.240 e. The molecule has 0 radical (unpaired) electrons. The Morgan fingerprint density at radius 2 is 2.47 bits per heavy atom. The predicted molar refractivity (Wildman–Crippen MR) is 74.8 cm³/mol. The minimum absolute atomic E-state index is 0.163. The van der Waals surface area contributed by atoms with Gasteiger partial charge in [-0.2, -0.15) is 5.10 Å². The van der Waals surface area contributed by atoms with Crippen molar-refractivity contribution in [3.05, 3.63) is 18.0 Å². The van der Waals surface area contributed by atoms with Gasteiger partial charge in [0.15, 0.2) is 0 Å². The standard InChI is InChI=1S/C14H24N4O/c1-3-6-14(7-4-8-16-14)13(19)15-9-5-12-10-17-18(2)11-12/h10-11,16H,3-9H2,1-2H3,(H,15,19). The molecule has 5 heteroatoms. The van der Waals surface area contributed by atoms with Gasteiger partial charge in [0, 0.05) is 19.8 Å². The lowest BCUT2D eigenvalue weighted by atomic mass is 9.91. The first-order chi connectivity index (χ1) is 9.16. The van der Waals surface area contributed by atoms with E-state index >= 15 is 0 Å². The summed E-state index contributed by atoms with van der Waals surface area (Å²) < 4.78 is 1.79. The monoisotopic (exact) mass is 264 g/mol. The van der Waals surface area contributed by atoms with Crippen LogP contribution in [0.2, 0.25) is 0 Å². The van der Waals surface area contributed by atoms with Crippen molar-refractivity contribution in [3.8, 4) is 0 Å². The van der Waals surface area contributed by atoms with Gasteiger partial charge < -0.3 is 10.6 Å². The summed E-state index contributed by atoms with van der Waals surface area (Å²) in [6.07, 6.45) is 8.68. The van der Waals surface area contributed by atoms with Crippen LogP contribution in [0.1, 0.15) is 38.2 Å². The van der Waals surface area contributed by atoms with Crippen molar-refractivity contribution < 1.29 is 4.79 Å². The van der Waals surface area contributed by atoms with Crippen molar-refractivity contribution in [1.82, 2.24) is 20.4 Å². The molecule has 1 aliphatic heterocycles. The number of rotatable bonds is 6. The fraction of sp³-hybridized carbons (Fsp3) is 0.714. The van der Waals surface area contributed by atoms with E-state index in [0.29, 0.717) is 6.54 Å². The van der Waals surface area contributed by atoms with E-state index in [-0.39, 0.29) is 11.4 Å². The van der Waals surface area contributed by atoms with E-state index in [1.165, 1.54) is 0 Å². The van der Waals surface area contributed by atoms with Crippen LogP contribution in [0.3, 0.4) is 0 Å². The lowest BCUT2D eigenvalue weighted by Gasteiger charge is -2.27. The number of aromatic nitrogens is 2. The second-order valence-corrected chi connectivity index (χ2v) is 5.39. The summed E-state index contributed by atoms with van der Waals surface area (Å²) in [5.74, 6) is 0.163. The van der Waals surface area contributed by atoms with Crippen LogP contribution in [0.5, 0.6) is 0 Å². The van der Waals surface area contributed by atoms with Crippen molar-refractivity contribution in [1.29, 1.82) is 0 Å².